The van der Waals surface area contributed by atoms with Crippen molar-refractivity contribution in [3.8, 4) is 0 Å². The fraction of sp³-hybridized carbons (Fsp3) is 0.182. The lowest BCUT2D eigenvalue weighted by Crippen LogP contribution is -1.94. The number of anilines is 1. The summed E-state index contributed by atoms with van der Waals surface area (Å²) in [5.74, 6) is 0.534. The van der Waals surface area contributed by atoms with Gasteiger partial charge in [-0.05, 0) is 30.7 Å². The predicted molar refractivity (Wildman–Crippen MR) is 56.0 cm³/mol. The Labute approximate surface area is 81.8 Å². The van der Waals surface area contributed by atoms with Gasteiger partial charge in [0, 0.05) is 12.4 Å². The van der Waals surface area contributed by atoms with E-state index in [0.717, 1.165) is 16.9 Å². The summed E-state index contributed by atoms with van der Waals surface area (Å²) in [5.41, 5.74) is 1.70. The van der Waals surface area contributed by atoms with Gasteiger partial charge in [0.05, 0.1) is 5.52 Å². The molecule has 72 valence electrons. The smallest absolute Gasteiger partial charge is 0.132 e. The van der Waals surface area contributed by atoms with Crippen molar-refractivity contribution < 1.29 is 4.39 Å². The normalized spacial score (nSPS) is 10.5. The van der Waals surface area contributed by atoms with Crippen LogP contribution in [0.1, 0.15) is 5.56 Å². The molecule has 0 spiro atoms. The fourth-order valence-electron chi connectivity index (χ4n) is 1.46. The van der Waals surface area contributed by atoms with Crippen molar-refractivity contribution in [3.05, 3.63) is 35.6 Å². The second kappa shape index (κ2) is 3.25. The monoisotopic (exact) mass is 190 g/mol. The van der Waals surface area contributed by atoms with Crippen molar-refractivity contribution in [2.75, 3.05) is 12.4 Å². The van der Waals surface area contributed by atoms with Crippen LogP contribution in [0.15, 0.2) is 24.3 Å². The van der Waals surface area contributed by atoms with Crippen molar-refractivity contribution in [2.45, 2.75) is 6.92 Å². The number of nitrogens with one attached hydrogen (secondary N) is 1. The van der Waals surface area contributed by atoms with E-state index >= 15 is 0 Å². The van der Waals surface area contributed by atoms with Crippen LogP contribution in [0, 0.1) is 12.7 Å². The second-order valence-electron chi connectivity index (χ2n) is 3.21. The van der Waals surface area contributed by atoms with E-state index in [1.54, 1.807) is 25.2 Å². The third kappa shape index (κ3) is 1.31. The van der Waals surface area contributed by atoms with Crippen molar-refractivity contribution in [1.82, 2.24) is 4.98 Å². The van der Waals surface area contributed by atoms with E-state index in [9.17, 15) is 4.39 Å². The quantitative estimate of drug-likeness (QED) is 0.747. The van der Waals surface area contributed by atoms with Gasteiger partial charge in [-0.15, -0.1) is 0 Å². The number of aromatic nitrogens is 1. The number of hydrogen-bond donors (Lipinski definition) is 1. The molecule has 0 fully saturated rings. The molecule has 0 unspecified atom stereocenters. The average Bonchev–Trinajstić information content (AvgIpc) is 2.23. The standard InChI is InChI=1S/C11H11FN2/c1-7-3-5-9(12)8-4-6-10(13-2)14-11(7)8/h3-6H,1-2H3,(H,13,14). The molecule has 0 aliphatic carbocycles. The molecule has 0 aliphatic rings. The van der Waals surface area contributed by atoms with Crippen molar-refractivity contribution in [2.24, 2.45) is 0 Å². The number of hydrogen-bond acceptors (Lipinski definition) is 2. The molecule has 14 heavy (non-hydrogen) atoms. The van der Waals surface area contributed by atoms with Gasteiger partial charge in [-0.1, -0.05) is 6.07 Å². The van der Waals surface area contributed by atoms with E-state index in [4.69, 9.17) is 0 Å². The SMILES string of the molecule is CNc1ccc2c(F)ccc(C)c2n1. The van der Waals surface area contributed by atoms with E-state index in [2.05, 4.69) is 10.3 Å². The van der Waals surface area contributed by atoms with E-state index in [1.165, 1.54) is 6.07 Å². The molecule has 2 nitrogen and oxygen atoms in total. The first-order valence-corrected chi connectivity index (χ1v) is 4.46. The van der Waals surface area contributed by atoms with Crippen LogP contribution in [0.25, 0.3) is 10.9 Å². The van der Waals surface area contributed by atoms with Crippen LogP contribution in [0.4, 0.5) is 10.2 Å². The molecule has 0 radical (unpaired) electrons. The van der Waals surface area contributed by atoms with Crippen LogP contribution in [0.2, 0.25) is 0 Å². The summed E-state index contributed by atoms with van der Waals surface area (Å²) in [6.45, 7) is 1.92. The summed E-state index contributed by atoms with van der Waals surface area (Å²) in [6.07, 6.45) is 0. The number of aryl methyl sites for hydroxylation is 1. The topological polar surface area (TPSA) is 24.9 Å². The summed E-state index contributed by atoms with van der Waals surface area (Å²) in [7, 11) is 1.79. The number of benzene rings is 1. The van der Waals surface area contributed by atoms with Crippen LogP contribution in [-0.4, -0.2) is 12.0 Å². The molecule has 0 saturated carbocycles. The number of fused-ring (bicyclic) bond motifs is 1. The third-order valence-corrected chi connectivity index (χ3v) is 2.26. The molecule has 0 saturated heterocycles. The van der Waals surface area contributed by atoms with Crippen molar-refractivity contribution >= 4 is 16.7 Å². The Morgan fingerprint density at radius 2 is 2.00 bits per heavy atom. The Balaban J connectivity index is 2.80. The minimum atomic E-state index is -0.222. The van der Waals surface area contributed by atoms with Gasteiger partial charge in [0.2, 0.25) is 0 Å². The van der Waals surface area contributed by atoms with Gasteiger partial charge in [-0.3, -0.25) is 0 Å². The van der Waals surface area contributed by atoms with Gasteiger partial charge in [0.1, 0.15) is 11.6 Å². The Morgan fingerprint density at radius 3 is 2.71 bits per heavy atom. The zero-order chi connectivity index (χ0) is 10.1. The van der Waals surface area contributed by atoms with E-state index in [0.29, 0.717) is 5.39 Å². The van der Waals surface area contributed by atoms with Crippen LogP contribution < -0.4 is 5.32 Å². The minimum absolute atomic E-state index is 0.222. The lowest BCUT2D eigenvalue weighted by molar-refractivity contribution is 0.639. The maximum Gasteiger partial charge on any atom is 0.132 e. The first-order chi connectivity index (χ1) is 6.72. The Kier molecular flexibility index (Phi) is 2.08. The molecule has 1 N–H and O–H groups in total. The Hall–Kier alpha value is -1.64. The molecule has 0 atom stereocenters. The molecule has 2 rings (SSSR count). The highest BCUT2D eigenvalue weighted by Gasteiger charge is 2.04. The summed E-state index contributed by atoms with van der Waals surface area (Å²) >= 11 is 0. The van der Waals surface area contributed by atoms with Crippen molar-refractivity contribution in [1.29, 1.82) is 0 Å². The van der Waals surface area contributed by atoms with Gasteiger partial charge in [0.25, 0.3) is 0 Å². The van der Waals surface area contributed by atoms with Gasteiger partial charge in [-0.25, -0.2) is 9.37 Å². The van der Waals surface area contributed by atoms with E-state index in [-0.39, 0.29) is 5.82 Å². The number of rotatable bonds is 1. The molecule has 1 aromatic carbocycles. The van der Waals surface area contributed by atoms with Gasteiger partial charge < -0.3 is 5.32 Å². The summed E-state index contributed by atoms with van der Waals surface area (Å²) in [6, 6.07) is 6.73. The summed E-state index contributed by atoms with van der Waals surface area (Å²) in [5, 5.41) is 3.51. The average molecular weight is 190 g/mol. The molecular formula is C11H11FN2. The molecular weight excluding hydrogens is 179 g/mol. The second-order valence-corrected chi connectivity index (χ2v) is 3.21. The summed E-state index contributed by atoms with van der Waals surface area (Å²) < 4.78 is 13.3. The lowest BCUT2D eigenvalue weighted by Gasteiger charge is -2.05. The Morgan fingerprint density at radius 1 is 1.21 bits per heavy atom. The van der Waals surface area contributed by atoms with Crippen LogP contribution in [0.3, 0.4) is 0 Å². The number of halogens is 1. The molecule has 2 aromatic rings. The molecule has 1 heterocycles. The van der Waals surface area contributed by atoms with Gasteiger partial charge in [-0.2, -0.15) is 0 Å². The van der Waals surface area contributed by atoms with Gasteiger partial charge in [0.15, 0.2) is 0 Å². The molecule has 1 aromatic heterocycles. The fourth-order valence-corrected chi connectivity index (χ4v) is 1.46. The highest BCUT2D eigenvalue weighted by molar-refractivity contribution is 5.83. The highest BCUT2D eigenvalue weighted by atomic mass is 19.1. The highest BCUT2D eigenvalue weighted by Crippen LogP contribution is 2.21. The largest absolute Gasteiger partial charge is 0.373 e. The summed E-state index contributed by atoms with van der Waals surface area (Å²) in [4.78, 5) is 4.30. The third-order valence-electron chi connectivity index (χ3n) is 2.26. The molecule has 0 amide bonds. The maximum absolute atomic E-state index is 13.3. The van der Waals surface area contributed by atoms with Crippen LogP contribution >= 0.6 is 0 Å². The molecule has 0 aliphatic heterocycles. The molecule has 3 heteroatoms. The molecule has 0 bridgehead atoms. The van der Waals surface area contributed by atoms with E-state index < -0.39 is 0 Å². The predicted octanol–water partition coefficient (Wildman–Crippen LogP) is 2.72. The zero-order valence-electron chi connectivity index (χ0n) is 8.13. The Bertz CT molecular complexity index is 480. The van der Waals surface area contributed by atoms with E-state index in [1.807, 2.05) is 6.92 Å². The maximum atomic E-state index is 13.3. The van der Waals surface area contributed by atoms with Crippen molar-refractivity contribution in [3.63, 3.8) is 0 Å². The first kappa shape index (κ1) is 8.94. The van der Waals surface area contributed by atoms with Crippen LogP contribution in [0.5, 0.6) is 0 Å². The zero-order valence-corrected chi connectivity index (χ0v) is 8.13. The lowest BCUT2D eigenvalue weighted by atomic mass is 10.1. The van der Waals surface area contributed by atoms with Crippen LogP contribution in [-0.2, 0) is 0 Å². The first-order valence-electron chi connectivity index (χ1n) is 4.46. The minimum Gasteiger partial charge on any atom is -0.373 e. The van der Waals surface area contributed by atoms with Gasteiger partial charge >= 0.3 is 0 Å². The number of nitrogens with zero attached hydrogens (tertiary/aromatic N) is 1. The number of pyridine rings is 1.